The van der Waals surface area contributed by atoms with Crippen LogP contribution in [0.3, 0.4) is 0 Å². The minimum Gasteiger partial charge on any atom is -0.374 e. The van der Waals surface area contributed by atoms with Crippen LogP contribution >= 0.6 is 11.8 Å². The summed E-state index contributed by atoms with van der Waals surface area (Å²) in [5, 5.41) is 0. The predicted octanol–water partition coefficient (Wildman–Crippen LogP) is -1.24. The van der Waals surface area contributed by atoms with Gasteiger partial charge >= 0.3 is 11.4 Å². The fourth-order valence-corrected chi connectivity index (χ4v) is 5.65. The monoisotopic (exact) mass is 600 g/mol. The first-order valence-electron chi connectivity index (χ1n) is 11.7. The molecule has 0 fully saturated rings. The second-order valence-electron chi connectivity index (χ2n) is 8.95. The fraction of sp³-hybridized carbons (Fsp3) is 0.545. The van der Waals surface area contributed by atoms with Crippen LogP contribution in [0.1, 0.15) is 11.6 Å². The lowest BCUT2D eigenvalue weighted by molar-refractivity contribution is 0.249. The van der Waals surface area contributed by atoms with Crippen LogP contribution in [0.5, 0.6) is 0 Å². The topological polar surface area (TPSA) is 176 Å². The first-order valence-corrected chi connectivity index (χ1v) is 14.7. The predicted molar refractivity (Wildman–Crippen MR) is 150 cm³/mol. The second kappa shape index (κ2) is 11.9. The molecule has 0 saturated heterocycles. The van der Waals surface area contributed by atoms with Gasteiger partial charge in [-0.2, -0.15) is 0 Å². The van der Waals surface area contributed by atoms with Crippen molar-refractivity contribution >= 4 is 43.9 Å². The van der Waals surface area contributed by atoms with Crippen molar-refractivity contribution in [2.24, 2.45) is 28.2 Å². The van der Waals surface area contributed by atoms with Crippen molar-refractivity contribution in [2.75, 3.05) is 26.1 Å². The Kier molecular flexibility index (Phi) is 9.28. The van der Waals surface area contributed by atoms with E-state index in [4.69, 9.17) is 4.74 Å². The lowest BCUT2D eigenvalue weighted by Crippen LogP contribution is -2.40. The van der Waals surface area contributed by atoms with Gasteiger partial charge in [0.05, 0.1) is 11.8 Å². The molecule has 18 heteroatoms. The molecule has 0 bridgehead atoms. The Morgan fingerprint density at radius 1 is 0.725 bits per heavy atom. The van der Waals surface area contributed by atoms with Gasteiger partial charge in [-0.25, -0.2) is 28.0 Å². The summed E-state index contributed by atoms with van der Waals surface area (Å²) >= 11 is 1.44. The lowest BCUT2D eigenvalue weighted by Gasteiger charge is -2.09. The van der Waals surface area contributed by atoms with Gasteiger partial charge in [0.2, 0.25) is 0 Å². The van der Waals surface area contributed by atoms with Gasteiger partial charge in [-0.15, -0.1) is 11.8 Å². The van der Waals surface area contributed by atoms with E-state index < -0.39 is 32.9 Å². The third kappa shape index (κ3) is 5.70. The van der Waals surface area contributed by atoms with Gasteiger partial charge in [0, 0.05) is 42.4 Å². The highest BCUT2D eigenvalue weighted by molar-refractivity contribution is 7.98. The normalized spacial score (nSPS) is 11.8. The number of rotatable bonds is 8. The fourth-order valence-electron chi connectivity index (χ4n) is 3.93. The standard InChI is InChI=1S/C11H16N4O5S.C11H16N4O3S/c1-7-12-9-8(13(7)2)10(16)14(3)11(17)15(9)5-21(18,19)6-20-4;1-7-12-9-8(13(7)2)10(16)14(3)11(17)15(9)5-19-6-18-4/h5-6H2,1-4H3;5-6H2,1-4H3. The number of sulfone groups is 1. The molecule has 16 nitrogen and oxygen atoms in total. The maximum Gasteiger partial charge on any atom is 0.333 e. The Bertz CT molecular complexity index is 1930. The first kappa shape index (κ1) is 31.1. The zero-order valence-electron chi connectivity index (χ0n) is 23.5. The average molecular weight is 601 g/mol. The van der Waals surface area contributed by atoms with E-state index in [2.05, 4.69) is 14.7 Å². The van der Waals surface area contributed by atoms with Crippen molar-refractivity contribution in [2.45, 2.75) is 25.6 Å². The molecule has 4 rings (SSSR count). The molecule has 0 spiro atoms. The molecule has 0 aliphatic heterocycles. The number of aryl methyl sites for hydroxylation is 4. The lowest BCUT2D eigenvalue weighted by atomic mass is 10.5. The minimum absolute atomic E-state index is 0.0581. The molecule has 4 heterocycles. The Morgan fingerprint density at radius 2 is 1.18 bits per heavy atom. The van der Waals surface area contributed by atoms with E-state index in [1.807, 2.05) is 0 Å². The summed E-state index contributed by atoms with van der Waals surface area (Å²) in [6.07, 6.45) is 0. The number of imidazole rings is 2. The first-order chi connectivity index (χ1) is 18.7. The van der Waals surface area contributed by atoms with Crippen LogP contribution in [-0.2, 0) is 59.3 Å². The van der Waals surface area contributed by atoms with E-state index in [0.29, 0.717) is 34.6 Å². The summed E-state index contributed by atoms with van der Waals surface area (Å²) < 4.78 is 41.0. The molecule has 4 aromatic rings. The highest BCUT2D eigenvalue weighted by Crippen LogP contribution is 2.12. The van der Waals surface area contributed by atoms with Crippen molar-refractivity contribution in [1.29, 1.82) is 0 Å². The molecule has 4 aromatic heterocycles. The van der Waals surface area contributed by atoms with Crippen LogP contribution in [0.25, 0.3) is 22.3 Å². The number of methoxy groups -OCH3 is 2. The van der Waals surface area contributed by atoms with E-state index in [-0.39, 0.29) is 22.4 Å². The van der Waals surface area contributed by atoms with Gasteiger partial charge in [0.25, 0.3) is 11.1 Å². The van der Waals surface area contributed by atoms with E-state index in [9.17, 15) is 27.6 Å². The Balaban J connectivity index is 0.000000222. The van der Waals surface area contributed by atoms with Gasteiger partial charge in [-0.1, -0.05) is 0 Å². The molecular weight excluding hydrogens is 568 g/mol. The molecule has 0 saturated carbocycles. The highest BCUT2D eigenvalue weighted by Gasteiger charge is 2.21. The van der Waals surface area contributed by atoms with Crippen LogP contribution in [0.4, 0.5) is 0 Å². The van der Waals surface area contributed by atoms with Gasteiger partial charge in [0.1, 0.15) is 23.5 Å². The molecular formula is C22H32N8O8S2. The maximum atomic E-state index is 12.2. The van der Waals surface area contributed by atoms with Crippen molar-refractivity contribution in [1.82, 2.24) is 37.4 Å². The molecule has 0 aliphatic rings. The number of hydrogen-bond acceptors (Lipinski definition) is 11. The van der Waals surface area contributed by atoms with Gasteiger partial charge in [-0.05, 0) is 13.8 Å². The van der Waals surface area contributed by atoms with Crippen molar-refractivity contribution in [3.8, 4) is 0 Å². The smallest absolute Gasteiger partial charge is 0.333 e. The number of hydrogen-bond donors (Lipinski definition) is 0. The van der Waals surface area contributed by atoms with Crippen LogP contribution in [0, 0.1) is 13.8 Å². The average Bonchev–Trinajstić information content (AvgIpc) is 3.36. The molecule has 0 N–H and O–H groups in total. The highest BCUT2D eigenvalue weighted by atomic mass is 32.2. The zero-order valence-corrected chi connectivity index (χ0v) is 25.1. The second-order valence-corrected chi connectivity index (χ2v) is 11.8. The number of fused-ring (bicyclic) bond motifs is 2. The van der Waals surface area contributed by atoms with Crippen LogP contribution in [0.2, 0.25) is 0 Å². The minimum atomic E-state index is -3.66. The van der Waals surface area contributed by atoms with E-state index in [1.165, 1.54) is 42.1 Å². The molecule has 0 aromatic carbocycles. The summed E-state index contributed by atoms with van der Waals surface area (Å²) in [7, 11) is 5.36. The van der Waals surface area contributed by atoms with Crippen molar-refractivity contribution in [3.05, 3.63) is 53.3 Å². The van der Waals surface area contributed by atoms with E-state index in [1.54, 1.807) is 39.6 Å². The van der Waals surface area contributed by atoms with Crippen LogP contribution < -0.4 is 22.5 Å². The third-order valence-electron chi connectivity index (χ3n) is 6.21. The van der Waals surface area contributed by atoms with Crippen LogP contribution in [-0.4, -0.2) is 71.9 Å². The third-order valence-corrected chi connectivity index (χ3v) is 8.30. The molecule has 0 unspecified atom stereocenters. The number of thioether (sulfide) groups is 1. The van der Waals surface area contributed by atoms with Gasteiger partial charge in [0.15, 0.2) is 32.2 Å². The Labute approximate surface area is 232 Å². The molecule has 0 amide bonds. The molecule has 40 heavy (non-hydrogen) atoms. The van der Waals surface area contributed by atoms with Gasteiger partial charge in [-0.3, -0.25) is 27.9 Å². The van der Waals surface area contributed by atoms with E-state index >= 15 is 0 Å². The van der Waals surface area contributed by atoms with Crippen molar-refractivity contribution < 1.29 is 17.9 Å². The largest absolute Gasteiger partial charge is 0.374 e. The number of nitrogens with zero attached hydrogens (tertiary/aromatic N) is 8. The number of ether oxygens (including phenoxy) is 2. The summed E-state index contributed by atoms with van der Waals surface area (Å²) in [6, 6.07) is 0. The summed E-state index contributed by atoms with van der Waals surface area (Å²) in [5.74, 6) is 0.959. The summed E-state index contributed by atoms with van der Waals surface area (Å²) in [5.41, 5.74) is -0.821. The van der Waals surface area contributed by atoms with Gasteiger partial charge < -0.3 is 18.6 Å². The summed E-state index contributed by atoms with van der Waals surface area (Å²) in [4.78, 5) is 57.0. The summed E-state index contributed by atoms with van der Waals surface area (Å²) in [6.45, 7) is 3.47. The zero-order chi connectivity index (χ0) is 30.1. The molecule has 0 radical (unpaired) electrons. The van der Waals surface area contributed by atoms with Crippen molar-refractivity contribution in [3.63, 3.8) is 0 Å². The molecule has 220 valence electrons. The Morgan fingerprint density at radius 3 is 1.62 bits per heavy atom. The maximum absolute atomic E-state index is 12.2. The number of aromatic nitrogens is 8. The molecule has 0 atom stereocenters. The SMILES string of the molecule is COCS(=O)(=O)Cn1c(=O)n(C)c(=O)c2c1nc(C)n2C.COCSCn1c(=O)n(C)c(=O)c2c1nc(C)n2C. The molecule has 0 aliphatic carbocycles. The Hall–Kier alpha value is -3.48. The van der Waals surface area contributed by atoms with Crippen LogP contribution in [0.15, 0.2) is 19.2 Å². The quantitative estimate of drug-likeness (QED) is 0.175. The van der Waals surface area contributed by atoms with E-state index in [0.717, 1.165) is 13.7 Å².